The van der Waals surface area contributed by atoms with Crippen LogP contribution in [0.4, 0.5) is 5.69 Å². The fourth-order valence-corrected chi connectivity index (χ4v) is 3.38. The highest BCUT2D eigenvalue weighted by Crippen LogP contribution is 2.19. The minimum Gasteiger partial charge on any atom is -0.349 e. The van der Waals surface area contributed by atoms with Crippen LogP contribution in [0.3, 0.4) is 0 Å². The normalized spacial score (nSPS) is 10.9. The van der Waals surface area contributed by atoms with Gasteiger partial charge in [0.2, 0.25) is 10.0 Å². The lowest BCUT2D eigenvalue weighted by atomic mass is 10.1. The topological polar surface area (TPSA) is 75.3 Å². The van der Waals surface area contributed by atoms with Gasteiger partial charge in [0, 0.05) is 11.6 Å². The largest absolute Gasteiger partial charge is 0.349 e. The molecule has 24 heavy (non-hydrogen) atoms. The van der Waals surface area contributed by atoms with Crippen molar-refractivity contribution in [3.8, 4) is 0 Å². The highest BCUT2D eigenvalue weighted by atomic mass is 35.5. The summed E-state index contributed by atoms with van der Waals surface area (Å²) in [5.41, 5.74) is 1.08. The average molecular weight is 365 g/mol. The van der Waals surface area contributed by atoms with Gasteiger partial charge in [0.05, 0.1) is 17.0 Å². The summed E-state index contributed by atoms with van der Waals surface area (Å²) in [4.78, 5) is 12.1. The first-order valence-corrected chi connectivity index (χ1v) is 9.17. The van der Waals surface area contributed by atoms with Gasteiger partial charge in [0.1, 0.15) is 0 Å². The van der Waals surface area contributed by atoms with Gasteiger partial charge in [-0.05, 0) is 29.8 Å². The molecule has 7 heteroatoms. The summed E-state index contributed by atoms with van der Waals surface area (Å²) in [7, 11) is -3.67. The molecule has 0 heterocycles. The van der Waals surface area contributed by atoms with Gasteiger partial charge in [0.25, 0.3) is 5.91 Å². The van der Waals surface area contributed by atoms with Gasteiger partial charge >= 0.3 is 0 Å². The summed E-state index contributed by atoms with van der Waals surface area (Å²) in [6.45, 7) is 3.82. The van der Waals surface area contributed by atoms with Crippen LogP contribution in [0.5, 0.6) is 0 Å². The number of carbonyl (C=O) groups excluding carboxylic acids is 1. The Hall–Kier alpha value is -2.31. The Morgan fingerprint density at radius 1 is 1.12 bits per heavy atom. The summed E-state index contributed by atoms with van der Waals surface area (Å²) < 4.78 is 27.2. The Labute approximate surface area is 146 Å². The molecule has 0 saturated heterocycles. The van der Waals surface area contributed by atoms with Gasteiger partial charge < -0.3 is 5.32 Å². The number of carbonyl (C=O) groups is 1. The maximum Gasteiger partial charge on any atom is 0.253 e. The SMILES string of the molecule is C=CCNC(=O)c1ccccc1NS(=O)(=O)Cc1ccc(Cl)cc1. The molecular weight excluding hydrogens is 348 g/mol. The number of sulfonamides is 1. The third-order valence-corrected chi connectivity index (χ3v) is 4.61. The van der Waals surface area contributed by atoms with Crippen molar-refractivity contribution in [1.29, 1.82) is 0 Å². The van der Waals surface area contributed by atoms with Gasteiger partial charge in [0.15, 0.2) is 0 Å². The fraction of sp³-hybridized carbons (Fsp3) is 0.118. The zero-order chi connectivity index (χ0) is 17.6. The first kappa shape index (κ1) is 18.0. The second kappa shape index (κ2) is 7.99. The molecule has 2 aromatic carbocycles. The van der Waals surface area contributed by atoms with Crippen LogP contribution in [0.1, 0.15) is 15.9 Å². The molecule has 5 nitrogen and oxygen atoms in total. The van der Waals surface area contributed by atoms with E-state index in [1.54, 1.807) is 54.6 Å². The summed E-state index contributed by atoms with van der Waals surface area (Å²) in [6.07, 6.45) is 1.55. The van der Waals surface area contributed by atoms with E-state index >= 15 is 0 Å². The molecule has 2 N–H and O–H groups in total. The number of amides is 1. The van der Waals surface area contributed by atoms with E-state index in [1.807, 2.05) is 0 Å². The third-order valence-electron chi connectivity index (χ3n) is 3.11. The summed E-state index contributed by atoms with van der Waals surface area (Å²) in [5.74, 6) is -0.591. The molecule has 0 aliphatic carbocycles. The Morgan fingerprint density at radius 3 is 2.46 bits per heavy atom. The Balaban J connectivity index is 2.18. The van der Waals surface area contributed by atoms with Crippen molar-refractivity contribution in [2.75, 3.05) is 11.3 Å². The predicted molar refractivity (Wildman–Crippen MR) is 96.7 cm³/mol. The lowest BCUT2D eigenvalue weighted by molar-refractivity contribution is 0.0959. The molecule has 0 radical (unpaired) electrons. The molecule has 0 spiro atoms. The summed E-state index contributed by atoms with van der Waals surface area (Å²) in [5, 5.41) is 3.16. The number of hydrogen-bond donors (Lipinski definition) is 2. The van der Waals surface area contributed by atoms with E-state index < -0.39 is 10.0 Å². The van der Waals surface area contributed by atoms with Gasteiger partial charge in [-0.2, -0.15) is 0 Å². The van der Waals surface area contributed by atoms with Crippen molar-refractivity contribution in [1.82, 2.24) is 5.32 Å². The Kier molecular flexibility index (Phi) is 6.00. The minimum absolute atomic E-state index is 0.215. The van der Waals surface area contributed by atoms with E-state index in [0.717, 1.165) is 0 Å². The number of benzene rings is 2. The highest BCUT2D eigenvalue weighted by molar-refractivity contribution is 7.91. The zero-order valence-electron chi connectivity index (χ0n) is 12.8. The lowest BCUT2D eigenvalue weighted by Crippen LogP contribution is -2.25. The van der Waals surface area contributed by atoms with Crippen molar-refractivity contribution in [2.24, 2.45) is 0 Å². The quantitative estimate of drug-likeness (QED) is 0.741. The standard InChI is InChI=1S/C17H17ClN2O3S/c1-2-11-19-17(21)15-5-3-4-6-16(15)20-24(22,23)12-13-7-9-14(18)10-8-13/h2-10,20H,1,11-12H2,(H,19,21). The van der Waals surface area contributed by atoms with Crippen LogP contribution in [-0.2, 0) is 15.8 Å². The number of anilines is 1. The molecular formula is C17H17ClN2O3S. The molecule has 0 aliphatic rings. The van der Waals surface area contributed by atoms with E-state index in [4.69, 9.17) is 11.6 Å². The second-order valence-electron chi connectivity index (χ2n) is 5.03. The van der Waals surface area contributed by atoms with Crippen molar-refractivity contribution >= 4 is 33.2 Å². The van der Waals surface area contributed by atoms with Gasteiger partial charge in [-0.25, -0.2) is 8.42 Å². The van der Waals surface area contributed by atoms with Crippen LogP contribution < -0.4 is 10.0 Å². The molecule has 2 aromatic rings. The Bertz CT molecular complexity index is 833. The molecule has 1 amide bonds. The molecule has 0 unspecified atom stereocenters. The molecule has 0 aromatic heterocycles. The average Bonchev–Trinajstić information content (AvgIpc) is 2.54. The lowest BCUT2D eigenvalue weighted by Gasteiger charge is -2.12. The first-order valence-electron chi connectivity index (χ1n) is 7.14. The van der Waals surface area contributed by atoms with E-state index in [9.17, 15) is 13.2 Å². The number of rotatable bonds is 7. The number of hydrogen-bond acceptors (Lipinski definition) is 3. The molecule has 126 valence electrons. The van der Waals surface area contributed by atoms with Gasteiger partial charge in [-0.1, -0.05) is 41.9 Å². The van der Waals surface area contributed by atoms with E-state index in [2.05, 4.69) is 16.6 Å². The highest BCUT2D eigenvalue weighted by Gasteiger charge is 2.16. The second-order valence-corrected chi connectivity index (χ2v) is 7.19. The maximum absolute atomic E-state index is 12.4. The van der Waals surface area contributed by atoms with Crippen molar-refractivity contribution in [2.45, 2.75) is 5.75 Å². The molecule has 0 fully saturated rings. The molecule has 0 atom stereocenters. The van der Waals surface area contributed by atoms with E-state index in [-0.39, 0.29) is 22.9 Å². The van der Waals surface area contributed by atoms with Crippen LogP contribution in [0.15, 0.2) is 61.2 Å². The van der Waals surface area contributed by atoms with Gasteiger partial charge in [-0.15, -0.1) is 6.58 Å². The predicted octanol–water partition coefficient (Wildman–Crippen LogP) is 3.20. The van der Waals surface area contributed by atoms with Crippen LogP contribution >= 0.6 is 11.6 Å². The van der Waals surface area contributed by atoms with Crippen molar-refractivity contribution in [3.05, 3.63) is 77.3 Å². The maximum atomic E-state index is 12.4. The third kappa shape index (κ3) is 5.11. The Morgan fingerprint density at radius 2 is 1.79 bits per heavy atom. The summed E-state index contributed by atoms with van der Waals surface area (Å²) in [6, 6.07) is 13.0. The van der Waals surface area contributed by atoms with Crippen LogP contribution in [0, 0.1) is 0 Å². The first-order chi connectivity index (χ1) is 11.4. The number of nitrogens with one attached hydrogen (secondary N) is 2. The molecule has 2 rings (SSSR count). The zero-order valence-corrected chi connectivity index (χ0v) is 14.4. The molecule has 0 bridgehead atoms. The van der Waals surface area contributed by atoms with Gasteiger partial charge in [-0.3, -0.25) is 9.52 Å². The monoisotopic (exact) mass is 364 g/mol. The molecule has 0 aliphatic heterocycles. The van der Waals surface area contributed by atoms with Crippen LogP contribution in [0.25, 0.3) is 0 Å². The van der Waals surface area contributed by atoms with Crippen LogP contribution in [-0.4, -0.2) is 20.9 Å². The van der Waals surface area contributed by atoms with Crippen LogP contribution in [0.2, 0.25) is 5.02 Å². The minimum atomic E-state index is -3.67. The smallest absolute Gasteiger partial charge is 0.253 e. The fourth-order valence-electron chi connectivity index (χ4n) is 2.03. The van der Waals surface area contributed by atoms with E-state index in [1.165, 1.54) is 0 Å². The van der Waals surface area contributed by atoms with Crippen molar-refractivity contribution < 1.29 is 13.2 Å². The van der Waals surface area contributed by atoms with E-state index in [0.29, 0.717) is 17.1 Å². The number of halogens is 1. The molecule has 0 saturated carbocycles. The number of para-hydroxylation sites is 1. The van der Waals surface area contributed by atoms with Crippen molar-refractivity contribution in [3.63, 3.8) is 0 Å². The summed E-state index contributed by atoms with van der Waals surface area (Å²) >= 11 is 5.79.